The lowest BCUT2D eigenvalue weighted by atomic mass is 10.4. The maximum Gasteiger partial charge on any atom is 0.318 e. The van der Waals surface area contributed by atoms with E-state index in [1.165, 1.54) is 18.2 Å². The number of carboxylic acids is 1. The number of benzene rings is 1. The van der Waals surface area contributed by atoms with Crippen molar-refractivity contribution in [1.29, 1.82) is 0 Å². The number of carboxylic acid groups (broad SMARTS) is 1. The minimum Gasteiger partial charge on any atom is -0.480 e. The van der Waals surface area contributed by atoms with Gasteiger partial charge < -0.3 is 5.11 Å². The highest BCUT2D eigenvalue weighted by Gasteiger charge is 2.28. The largest absolute Gasteiger partial charge is 0.480 e. The molecular formula is C11H9Cl2NO4S. The van der Waals surface area contributed by atoms with E-state index < -0.39 is 22.5 Å². The van der Waals surface area contributed by atoms with Gasteiger partial charge in [0.2, 0.25) is 10.0 Å². The molecule has 0 aliphatic rings. The number of halogens is 2. The predicted molar refractivity (Wildman–Crippen MR) is 71.7 cm³/mol. The van der Waals surface area contributed by atoms with Crippen LogP contribution in [0.3, 0.4) is 0 Å². The number of hydrogen-bond acceptors (Lipinski definition) is 3. The summed E-state index contributed by atoms with van der Waals surface area (Å²) in [5.74, 6) is 0.768. The van der Waals surface area contributed by atoms with Gasteiger partial charge >= 0.3 is 5.97 Å². The van der Waals surface area contributed by atoms with E-state index in [2.05, 4.69) is 5.92 Å². The molecule has 1 aromatic rings. The molecule has 0 bridgehead atoms. The zero-order valence-corrected chi connectivity index (χ0v) is 11.8. The van der Waals surface area contributed by atoms with E-state index in [1.807, 2.05) is 0 Å². The van der Waals surface area contributed by atoms with E-state index in [1.54, 1.807) is 0 Å². The molecule has 0 radical (unpaired) electrons. The molecule has 0 saturated heterocycles. The Morgan fingerprint density at radius 2 is 2.05 bits per heavy atom. The van der Waals surface area contributed by atoms with Crippen molar-refractivity contribution in [2.24, 2.45) is 0 Å². The van der Waals surface area contributed by atoms with Gasteiger partial charge in [-0.1, -0.05) is 35.2 Å². The fourth-order valence-electron chi connectivity index (χ4n) is 1.30. The summed E-state index contributed by atoms with van der Waals surface area (Å²) >= 11 is 11.6. The first-order chi connectivity index (χ1) is 8.80. The Kier molecular flexibility index (Phi) is 5.20. The lowest BCUT2D eigenvalue weighted by Gasteiger charge is -2.18. The van der Waals surface area contributed by atoms with Crippen LogP contribution in [-0.2, 0) is 14.8 Å². The molecule has 0 spiro atoms. The van der Waals surface area contributed by atoms with Crippen LogP contribution in [0.5, 0.6) is 0 Å². The fraction of sp³-hybridized carbons (Fsp3) is 0.182. The van der Waals surface area contributed by atoms with Gasteiger partial charge in [0.15, 0.2) is 0 Å². The second kappa shape index (κ2) is 6.26. The lowest BCUT2D eigenvalue weighted by Crippen LogP contribution is -2.36. The minimum atomic E-state index is -4.12. The van der Waals surface area contributed by atoms with Crippen molar-refractivity contribution in [3.05, 3.63) is 28.2 Å². The van der Waals surface area contributed by atoms with Crippen LogP contribution in [0.2, 0.25) is 10.0 Å². The molecular weight excluding hydrogens is 313 g/mol. The van der Waals surface area contributed by atoms with Gasteiger partial charge in [-0.3, -0.25) is 4.79 Å². The smallest absolute Gasteiger partial charge is 0.318 e. The van der Waals surface area contributed by atoms with E-state index in [-0.39, 0.29) is 21.5 Å². The Balaban J connectivity index is 3.31. The van der Waals surface area contributed by atoms with Crippen molar-refractivity contribution in [3.63, 3.8) is 0 Å². The van der Waals surface area contributed by atoms with Crippen molar-refractivity contribution in [1.82, 2.24) is 4.31 Å². The molecule has 5 nitrogen and oxygen atoms in total. The number of rotatable bonds is 5. The maximum atomic E-state index is 12.3. The number of carbonyl (C=O) groups is 1. The van der Waals surface area contributed by atoms with Crippen LogP contribution in [0.15, 0.2) is 23.1 Å². The molecule has 102 valence electrons. The molecule has 0 aromatic heterocycles. The van der Waals surface area contributed by atoms with Crippen molar-refractivity contribution in [2.75, 3.05) is 13.1 Å². The highest BCUT2D eigenvalue weighted by Crippen LogP contribution is 2.30. The summed E-state index contributed by atoms with van der Waals surface area (Å²) < 4.78 is 25.1. The summed E-state index contributed by atoms with van der Waals surface area (Å²) in [4.78, 5) is 10.4. The molecule has 0 atom stereocenters. The van der Waals surface area contributed by atoms with Crippen LogP contribution in [0, 0.1) is 12.3 Å². The average Bonchev–Trinajstić information content (AvgIpc) is 2.31. The average molecular weight is 322 g/mol. The first kappa shape index (κ1) is 15.8. The summed E-state index contributed by atoms with van der Waals surface area (Å²) in [7, 11) is -4.12. The van der Waals surface area contributed by atoms with Crippen LogP contribution >= 0.6 is 23.2 Å². The Morgan fingerprint density at radius 1 is 1.42 bits per heavy atom. The molecule has 0 amide bonds. The summed E-state index contributed by atoms with van der Waals surface area (Å²) in [6.07, 6.45) is 5.04. The van der Waals surface area contributed by atoms with Gasteiger partial charge in [0.05, 0.1) is 16.6 Å². The standard InChI is InChI=1S/C11H9Cl2NO4S/c1-2-6-14(7-10(15)16)19(17,18)9-5-3-4-8(12)11(9)13/h1,3-5H,6-7H2,(H,15,16). The number of sulfonamides is 1. The Labute approximate surface area is 120 Å². The summed E-state index contributed by atoms with van der Waals surface area (Å²) in [5, 5.41) is 8.60. The van der Waals surface area contributed by atoms with E-state index in [0.717, 1.165) is 0 Å². The second-order valence-electron chi connectivity index (χ2n) is 3.42. The van der Waals surface area contributed by atoms with Gasteiger partial charge in [0, 0.05) is 0 Å². The monoisotopic (exact) mass is 321 g/mol. The molecule has 0 saturated carbocycles. The summed E-state index contributed by atoms with van der Waals surface area (Å²) in [5.41, 5.74) is 0. The molecule has 0 heterocycles. The molecule has 0 fully saturated rings. The van der Waals surface area contributed by atoms with Crippen molar-refractivity contribution < 1.29 is 18.3 Å². The molecule has 1 aromatic carbocycles. The third-order valence-electron chi connectivity index (χ3n) is 2.11. The van der Waals surface area contributed by atoms with Crippen molar-refractivity contribution in [2.45, 2.75) is 4.90 Å². The van der Waals surface area contributed by atoms with E-state index in [0.29, 0.717) is 4.31 Å². The highest BCUT2D eigenvalue weighted by atomic mass is 35.5. The van der Waals surface area contributed by atoms with Gasteiger partial charge in [-0.15, -0.1) is 6.42 Å². The zero-order chi connectivity index (χ0) is 14.6. The highest BCUT2D eigenvalue weighted by molar-refractivity contribution is 7.89. The van der Waals surface area contributed by atoms with Gasteiger partial charge in [-0.05, 0) is 12.1 Å². The van der Waals surface area contributed by atoms with Crippen LogP contribution in [-0.4, -0.2) is 36.9 Å². The van der Waals surface area contributed by atoms with Gasteiger partial charge in [-0.2, -0.15) is 4.31 Å². The van der Waals surface area contributed by atoms with Crippen LogP contribution in [0.25, 0.3) is 0 Å². The number of nitrogens with zero attached hydrogens (tertiary/aromatic N) is 1. The molecule has 19 heavy (non-hydrogen) atoms. The molecule has 0 aliphatic heterocycles. The summed E-state index contributed by atoms with van der Waals surface area (Å²) in [6, 6.07) is 4.05. The molecule has 1 rings (SSSR count). The van der Waals surface area contributed by atoms with Gasteiger partial charge in [0.1, 0.15) is 11.4 Å². The Hall–Kier alpha value is -1.26. The normalized spacial score (nSPS) is 11.3. The van der Waals surface area contributed by atoms with Gasteiger partial charge in [0.25, 0.3) is 0 Å². The third kappa shape index (κ3) is 3.61. The van der Waals surface area contributed by atoms with E-state index in [9.17, 15) is 13.2 Å². The van der Waals surface area contributed by atoms with Crippen LogP contribution in [0.1, 0.15) is 0 Å². The Morgan fingerprint density at radius 3 is 2.58 bits per heavy atom. The molecule has 1 N–H and O–H groups in total. The SMILES string of the molecule is C#CCN(CC(=O)O)S(=O)(=O)c1cccc(Cl)c1Cl. The predicted octanol–water partition coefficient (Wildman–Crippen LogP) is 1.70. The molecule has 8 heteroatoms. The molecule has 0 aliphatic carbocycles. The first-order valence-electron chi connectivity index (χ1n) is 4.90. The van der Waals surface area contributed by atoms with Gasteiger partial charge in [-0.25, -0.2) is 8.42 Å². The number of terminal acetylenes is 1. The second-order valence-corrected chi connectivity index (χ2v) is 6.11. The number of aliphatic carboxylic acids is 1. The quantitative estimate of drug-likeness (QED) is 0.838. The minimum absolute atomic E-state index is 0.0544. The number of hydrogen-bond donors (Lipinski definition) is 1. The van der Waals surface area contributed by atoms with Crippen LogP contribution < -0.4 is 0 Å². The maximum absolute atomic E-state index is 12.3. The topological polar surface area (TPSA) is 74.7 Å². The van der Waals surface area contributed by atoms with E-state index in [4.69, 9.17) is 34.7 Å². The van der Waals surface area contributed by atoms with E-state index >= 15 is 0 Å². The Bertz CT molecular complexity index is 637. The first-order valence-corrected chi connectivity index (χ1v) is 7.09. The third-order valence-corrected chi connectivity index (χ3v) is 4.88. The summed E-state index contributed by atoms with van der Waals surface area (Å²) in [6.45, 7) is -1.13. The van der Waals surface area contributed by atoms with Crippen molar-refractivity contribution in [3.8, 4) is 12.3 Å². The van der Waals surface area contributed by atoms with Crippen LogP contribution in [0.4, 0.5) is 0 Å². The molecule has 0 unspecified atom stereocenters. The fourth-order valence-corrected chi connectivity index (χ4v) is 3.34. The zero-order valence-electron chi connectivity index (χ0n) is 9.51. The lowest BCUT2D eigenvalue weighted by molar-refractivity contribution is -0.137. The van der Waals surface area contributed by atoms with Crippen molar-refractivity contribution >= 4 is 39.2 Å².